The zero-order valence-electron chi connectivity index (χ0n) is 18.0. The number of hydrogen-bond acceptors (Lipinski definition) is 2. The molecule has 0 aliphatic heterocycles. The number of allylic oxidation sites excluding steroid dienone is 1. The number of halogens is 1. The van der Waals surface area contributed by atoms with Gasteiger partial charge in [0.05, 0.1) is 23.7 Å². The zero-order chi connectivity index (χ0) is 21.9. The molecule has 1 heterocycles. The molecule has 0 spiro atoms. The molecule has 2 aliphatic rings. The molecule has 1 N–H and O–H groups in total. The van der Waals surface area contributed by atoms with Gasteiger partial charge in [0, 0.05) is 0 Å². The average Bonchev–Trinajstić information content (AvgIpc) is 3.36. The van der Waals surface area contributed by atoms with Crippen LogP contribution in [0.4, 0.5) is 4.39 Å². The lowest BCUT2D eigenvalue weighted by molar-refractivity contribution is 0.0557. The molecule has 0 radical (unpaired) electrons. The summed E-state index contributed by atoms with van der Waals surface area (Å²) in [6, 6.07) is 21.0. The van der Waals surface area contributed by atoms with Gasteiger partial charge in [0.15, 0.2) is 0 Å². The van der Waals surface area contributed by atoms with Crippen molar-refractivity contribution in [2.75, 3.05) is 0 Å². The molecular weight excluding hydrogens is 399 g/mol. The lowest BCUT2D eigenvalue weighted by Crippen LogP contribution is -2.32. The van der Waals surface area contributed by atoms with E-state index in [-0.39, 0.29) is 17.2 Å². The summed E-state index contributed by atoms with van der Waals surface area (Å²) in [5.74, 6) is -0.0979. The molecule has 32 heavy (non-hydrogen) atoms. The van der Waals surface area contributed by atoms with E-state index in [1.165, 1.54) is 28.7 Å². The molecule has 1 saturated carbocycles. The van der Waals surface area contributed by atoms with Crippen LogP contribution in [0, 0.1) is 17.2 Å². The van der Waals surface area contributed by atoms with E-state index in [4.69, 9.17) is 0 Å². The monoisotopic (exact) mass is 424 g/mol. The average molecular weight is 425 g/mol. The highest BCUT2D eigenvalue weighted by atomic mass is 19.1. The highest BCUT2D eigenvalue weighted by molar-refractivity contribution is 5.83. The lowest BCUT2D eigenvalue weighted by Gasteiger charge is -2.38. The standard InChI is InChI=1S/C28H25FN2O/c1-28-16-21-17-30-31(24-11-9-23(29)10-12-24)26(21)15-22(28)8-13-25(28)27(32)20-7-6-18-4-2-3-5-19(18)14-20/h2-7,9-12,14-15,17,25,27,32H,8,13,16H2,1H3/t25-,27-,28+/m1/s1. The van der Waals surface area contributed by atoms with Gasteiger partial charge in [-0.05, 0) is 88.9 Å². The lowest BCUT2D eigenvalue weighted by atomic mass is 9.67. The summed E-state index contributed by atoms with van der Waals surface area (Å²) in [4.78, 5) is 0. The first-order chi connectivity index (χ1) is 15.5. The van der Waals surface area contributed by atoms with Gasteiger partial charge in [-0.2, -0.15) is 5.10 Å². The number of benzene rings is 3. The van der Waals surface area contributed by atoms with Crippen LogP contribution in [0.25, 0.3) is 22.5 Å². The van der Waals surface area contributed by atoms with E-state index in [1.54, 1.807) is 12.1 Å². The first kappa shape index (κ1) is 19.4. The second-order valence-electron chi connectivity index (χ2n) is 9.40. The highest BCUT2D eigenvalue weighted by Crippen LogP contribution is 2.56. The summed E-state index contributed by atoms with van der Waals surface area (Å²) >= 11 is 0. The number of fused-ring (bicyclic) bond motifs is 3. The van der Waals surface area contributed by atoms with Gasteiger partial charge in [-0.15, -0.1) is 0 Å². The SMILES string of the molecule is C[C@]12Cc3cnn(-c4ccc(F)cc4)c3C=C1CC[C@@H]2[C@H](O)c1ccc2ccccc2c1. The Labute approximate surface area is 186 Å². The maximum Gasteiger partial charge on any atom is 0.123 e. The number of aliphatic hydroxyl groups is 1. The molecule has 1 aromatic heterocycles. The van der Waals surface area contributed by atoms with Crippen LogP contribution in [-0.4, -0.2) is 14.9 Å². The van der Waals surface area contributed by atoms with E-state index < -0.39 is 6.10 Å². The Morgan fingerprint density at radius 3 is 2.66 bits per heavy atom. The summed E-state index contributed by atoms with van der Waals surface area (Å²) in [5, 5.41) is 18.4. The molecule has 3 nitrogen and oxygen atoms in total. The molecule has 1 fully saturated rings. The predicted octanol–water partition coefficient (Wildman–Crippen LogP) is 6.25. The Hall–Kier alpha value is -3.24. The fourth-order valence-corrected chi connectivity index (χ4v) is 5.80. The van der Waals surface area contributed by atoms with Crippen LogP contribution in [0.3, 0.4) is 0 Å². The van der Waals surface area contributed by atoms with Crippen LogP contribution in [0.5, 0.6) is 0 Å². The molecule has 4 heteroatoms. The van der Waals surface area contributed by atoms with Crippen molar-refractivity contribution in [2.24, 2.45) is 11.3 Å². The Morgan fingerprint density at radius 2 is 1.84 bits per heavy atom. The predicted molar refractivity (Wildman–Crippen MR) is 125 cm³/mol. The van der Waals surface area contributed by atoms with Crippen molar-refractivity contribution in [3.63, 3.8) is 0 Å². The van der Waals surface area contributed by atoms with Crippen LogP contribution in [0.2, 0.25) is 0 Å². The third-order valence-electron chi connectivity index (χ3n) is 7.60. The van der Waals surface area contributed by atoms with Crippen molar-refractivity contribution < 1.29 is 9.50 Å². The Bertz CT molecular complexity index is 1350. The minimum Gasteiger partial charge on any atom is -0.388 e. The smallest absolute Gasteiger partial charge is 0.123 e. The van der Waals surface area contributed by atoms with E-state index in [9.17, 15) is 9.50 Å². The topological polar surface area (TPSA) is 38.0 Å². The molecule has 3 atom stereocenters. The molecule has 160 valence electrons. The third kappa shape index (κ3) is 2.94. The zero-order valence-corrected chi connectivity index (χ0v) is 18.0. The van der Waals surface area contributed by atoms with Crippen LogP contribution >= 0.6 is 0 Å². The van der Waals surface area contributed by atoms with Crippen molar-refractivity contribution in [3.05, 3.63) is 101 Å². The number of aliphatic hydroxyl groups excluding tert-OH is 1. The van der Waals surface area contributed by atoms with Gasteiger partial charge in [0.1, 0.15) is 5.82 Å². The van der Waals surface area contributed by atoms with Crippen LogP contribution < -0.4 is 0 Å². The van der Waals surface area contributed by atoms with Gasteiger partial charge in [-0.1, -0.05) is 48.9 Å². The minimum atomic E-state index is -0.510. The molecular formula is C28H25FN2O. The summed E-state index contributed by atoms with van der Waals surface area (Å²) in [5.41, 5.74) is 5.37. The molecule has 2 aliphatic carbocycles. The Balaban J connectivity index is 1.34. The number of aromatic nitrogens is 2. The Morgan fingerprint density at radius 1 is 1.06 bits per heavy atom. The van der Waals surface area contributed by atoms with Gasteiger partial charge in [0.2, 0.25) is 0 Å². The van der Waals surface area contributed by atoms with Gasteiger partial charge in [-0.25, -0.2) is 9.07 Å². The van der Waals surface area contributed by atoms with Crippen molar-refractivity contribution >= 4 is 16.8 Å². The minimum absolute atomic E-state index is 0.102. The first-order valence-corrected chi connectivity index (χ1v) is 11.2. The molecule has 0 unspecified atom stereocenters. The van der Waals surface area contributed by atoms with Gasteiger partial charge in [-0.3, -0.25) is 0 Å². The van der Waals surface area contributed by atoms with Crippen LogP contribution in [-0.2, 0) is 6.42 Å². The molecule has 0 saturated heterocycles. The molecule has 0 bridgehead atoms. The van der Waals surface area contributed by atoms with Crippen LogP contribution in [0.15, 0.2) is 78.5 Å². The summed E-state index contributed by atoms with van der Waals surface area (Å²) in [6.07, 6.45) is 6.45. The van der Waals surface area contributed by atoms with Gasteiger partial charge in [0.25, 0.3) is 0 Å². The van der Waals surface area contributed by atoms with Crippen molar-refractivity contribution in [2.45, 2.75) is 32.3 Å². The third-order valence-corrected chi connectivity index (χ3v) is 7.60. The largest absolute Gasteiger partial charge is 0.388 e. The van der Waals surface area contributed by atoms with E-state index in [2.05, 4.69) is 48.4 Å². The van der Waals surface area contributed by atoms with E-state index in [1.807, 2.05) is 23.0 Å². The molecule has 3 aromatic carbocycles. The van der Waals surface area contributed by atoms with Crippen molar-refractivity contribution in [1.29, 1.82) is 0 Å². The molecule has 6 rings (SSSR count). The van der Waals surface area contributed by atoms with Crippen molar-refractivity contribution in [1.82, 2.24) is 9.78 Å². The quantitative estimate of drug-likeness (QED) is 0.422. The second kappa shape index (κ2) is 7.14. The number of hydrogen-bond donors (Lipinski definition) is 1. The van der Waals surface area contributed by atoms with Crippen LogP contribution in [0.1, 0.15) is 42.7 Å². The maximum absolute atomic E-state index is 13.4. The number of rotatable bonds is 3. The van der Waals surface area contributed by atoms with E-state index in [0.717, 1.165) is 41.6 Å². The molecule has 0 amide bonds. The first-order valence-electron chi connectivity index (χ1n) is 11.2. The van der Waals surface area contributed by atoms with E-state index >= 15 is 0 Å². The fraction of sp³-hybridized carbons (Fsp3) is 0.250. The second-order valence-corrected chi connectivity index (χ2v) is 9.40. The normalized spacial score (nSPS) is 23.0. The van der Waals surface area contributed by atoms with Gasteiger partial charge < -0.3 is 5.11 Å². The van der Waals surface area contributed by atoms with Crippen molar-refractivity contribution in [3.8, 4) is 5.69 Å². The molecule has 4 aromatic rings. The summed E-state index contributed by atoms with van der Waals surface area (Å²) < 4.78 is 15.3. The Kier molecular flexibility index (Phi) is 4.34. The fourth-order valence-electron chi connectivity index (χ4n) is 5.80. The highest BCUT2D eigenvalue weighted by Gasteiger charge is 2.48. The number of nitrogens with zero attached hydrogens (tertiary/aromatic N) is 2. The van der Waals surface area contributed by atoms with E-state index in [0.29, 0.717) is 0 Å². The van der Waals surface area contributed by atoms with Gasteiger partial charge >= 0.3 is 0 Å². The summed E-state index contributed by atoms with van der Waals surface area (Å²) in [6.45, 7) is 2.29. The summed E-state index contributed by atoms with van der Waals surface area (Å²) in [7, 11) is 0. The maximum atomic E-state index is 13.4.